The average molecular weight is 480 g/mol. The molecule has 0 rings (SSSR count). The number of carbonyl (C=O) groups excluding carboxylic acids is 4. The lowest BCUT2D eigenvalue weighted by atomic mass is 10.1. The molecule has 182 valence electrons. The summed E-state index contributed by atoms with van der Waals surface area (Å²) in [6, 6.07) is -5.61. The lowest BCUT2D eigenvalue weighted by Gasteiger charge is -2.25. The van der Waals surface area contributed by atoms with Crippen molar-refractivity contribution < 1.29 is 44.1 Å². The predicted octanol–water partition coefficient (Wildman–Crippen LogP) is -3.71. The monoisotopic (exact) mass is 479 g/mol. The molecular formula is C17H29N5O9S. The molecule has 0 spiro atoms. The van der Waals surface area contributed by atoms with Gasteiger partial charge in [-0.15, -0.1) is 0 Å². The van der Waals surface area contributed by atoms with Crippen LogP contribution in [0.2, 0.25) is 0 Å². The van der Waals surface area contributed by atoms with Crippen LogP contribution in [0.15, 0.2) is 0 Å². The molecule has 0 saturated carbocycles. The zero-order chi connectivity index (χ0) is 25.0. The number of carboxylic acid groups (broad SMARTS) is 2. The number of aliphatic hydroxyl groups excluding tert-OH is 1. The lowest BCUT2D eigenvalue weighted by Crippen LogP contribution is -2.58. The molecule has 14 nitrogen and oxygen atoms in total. The number of thiol groups is 1. The van der Waals surface area contributed by atoms with Crippen LogP contribution in [0.3, 0.4) is 0 Å². The summed E-state index contributed by atoms with van der Waals surface area (Å²) in [4.78, 5) is 69.9. The van der Waals surface area contributed by atoms with Gasteiger partial charge < -0.3 is 42.7 Å². The van der Waals surface area contributed by atoms with E-state index < -0.39 is 78.7 Å². The highest BCUT2D eigenvalue weighted by atomic mass is 32.1. The minimum atomic E-state index is -1.70. The normalized spacial score (nSPS) is 15.4. The van der Waals surface area contributed by atoms with E-state index in [2.05, 4.69) is 23.3 Å². The van der Waals surface area contributed by atoms with Crippen LogP contribution < -0.4 is 27.4 Å². The van der Waals surface area contributed by atoms with Crippen LogP contribution in [0.1, 0.15) is 32.6 Å². The lowest BCUT2D eigenvalue weighted by molar-refractivity contribution is -0.145. The fourth-order valence-corrected chi connectivity index (χ4v) is 2.61. The van der Waals surface area contributed by atoms with Gasteiger partial charge in [0.15, 0.2) is 6.04 Å². The molecular weight excluding hydrogens is 450 g/mol. The minimum absolute atomic E-state index is 0.0678. The smallest absolute Gasteiger partial charge is 0.328 e. The second kappa shape index (κ2) is 14.2. The van der Waals surface area contributed by atoms with Gasteiger partial charge in [-0.05, 0) is 19.8 Å². The largest absolute Gasteiger partial charge is 0.481 e. The van der Waals surface area contributed by atoms with Crippen LogP contribution in [0.4, 0.5) is 0 Å². The number of amides is 4. The number of carboxylic acids is 2. The second-order valence-corrected chi connectivity index (χ2v) is 7.28. The molecule has 0 bridgehead atoms. The van der Waals surface area contributed by atoms with Gasteiger partial charge in [0.25, 0.3) is 0 Å². The highest BCUT2D eigenvalue weighted by Gasteiger charge is 2.31. The molecule has 0 heterocycles. The SMILES string of the molecule is CC(O)C(NC(=O)C(CCC(=O)O)NC(=O)C(CS)NC(=O)C(N)CCC(N)=O)C(=O)O. The van der Waals surface area contributed by atoms with Crippen molar-refractivity contribution in [2.75, 3.05) is 5.75 Å². The number of aliphatic carboxylic acids is 2. The number of hydrogen-bond acceptors (Lipinski definition) is 9. The van der Waals surface area contributed by atoms with Crippen molar-refractivity contribution in [3.63, 3.8) is 0 Å². The topological polar surface area (TPSA) is 251 Å². The van der Waals surface area contributed by atoms with Crippen molar-refractivity contribution in [1.82, 2.24) is 16.0 Å². The van der Waals surface area contributed by atoms with Crippen LogP contribution in [-0.2, 0) is 28.8 Å². The van der Waals surface area contributed by atoms with E-state index in [0.717, 1.165) is 6.92 Å². The van der Waals surface area contributed by atoms with E-state index in [-0.39, 0.29) is 18.6 Å². The molecule has 32 heavy (non-hydrogen) atoms. The van der Waals surface area contributed by atoms with E-state index >= 15 is 0 Å². The van der Waals surface area contributed by atoms with E-state index in [4.69, 9.17) is 21.7 Å². The van der Waals surface area contributed by atoms with Crippen LogP contribution in [0, 0.1) is 0 Å². The molecule has 5 unspecified atom stereocenters. The van der Waals surface area contributed by atoms with E-state index in [9.17, 15) is 33.9 Å². The molecule has 4 amide bonds. The van der Waals surface area contributed by atoms with Crippen molar-refractivity contribution in [3.05, 3.63) is 0 Å². The summed E-state index contributed by atoms with van der Waals surface area (Å²) in [5, 5.41) is 34.0. The van der Waals surface area contributed by atoms with E-state index in [1.54, 1.807) is 0 Å². The maximum atomic E-state index is 12.5. The highest BCUT2D eigenvalue weighted by molar-refractivity contribution is 7.80. The van der Waals surface area contributed by atoms with Gasteiger partial charge in [0.2, 0.25) is 23.6 Å². The number of aliphatic hydroxyl groups is 1. The number of carbonyl (C=O) groups is 6. The fourth-order valence-electron chi connectivity index (χ4n) is 2.35. The number of rotatable bonds is 15. The van der Waals surface area contributed by atoms with Crippen molar-refractivity contribution in [1.29, 1.82) is 0 Å². The summed E-state index contributed by atoms with van der Waals surface area (Å²) in [7, 11) is 0. The summed E-state index contributed by atoms with van der Waals surface area (Å²) < 4.78 is 0. The van der Waals surface area contributed by atoms with Gasteiger partial charge in [-0.2, -0.15) is 12.6 Å². The fraction of sp³-hybridized carbons (Fsp3) is 0.647. The number of nitrogens with two attached hydrogens (primary N) is 2. The molecule has 0 radical (unpaired) electrons. The van der Waals surface area contributed by atoms with Gasteiger partial charge in [0.05, 0.1) is 12.1 Å². The number of hydrogen-bond donors (Lipinski definition) is 9. The Morgan fingerprint density at radius 2 is 1.41 bits per heavy atom. The number of nitrogens with one attached hydrogen (secondary N) is 3. The van der Waals surface area contributed by atoms with Gasteiger partial charge in [-0.25, -0.2) is 4.79 Å². The van der Waals surface area contributed by atoms with Gasteiger partial charge in [0.1, 0.15) is 12.1 Å². The van der Waals surface area contributed by atoms with Crippen LogP contribution >= 0.6 is 12.6 Å². The Kier molecular flexibility index (Phi) is 12.9. The summed E-state index contributed by atoms with van der Waals surface area (Å²) in [6.45, 7) is 1.12. The molecule has 0 aliphatic carbocycles. The number of primary amides is 1. The Labute approximate surface area is 188 Å². The standard InChI is InChI=1S/C17H29N5O9S/c1-7(23)13(17(30)31)22-15(28)9(3-5-12(25)26)20-16(29)10(6-32)21-14(27)8(18)2-4-11(19)24/h7-10,13,23,32H,2-6,18H2,1H3,(H2,19,24)(H,20,29)(H,21,27)(H,22,28)(H,25,26)(H,30,31). The zero-order valence-corrected chi connectivity index (χ0v) is 18.2. The zero-order valence-electron chi connectivity index (χ0n) is 17.3. The molecule has 0 saturated heterocycles. The quantitative estimate of drug-likeness (QED) is 0.104. The summed E-state index contributed by atoms with van der Waals surface area (Å²) in [5.41, 5.74) is 10.6. The van der Waals surface area contributed by atoms with Gasteiger partial charge >= 0.3 is 11.9 Å². The maximum absolute atomic E-state index is 12.5. The molecule has 15 heteroatoms. The Balaban J connectivity index is 5.28. The predicted molar refractivity (Wildman–Crippen MR) is 112 cm³/mol. The third-order valence-electron chi connectivity index (χ3n) is 4.18. The van der Waals surface area contributed by atoms with E-state index in [1.165, 1.54) is 0 Å². The summed E-state index contributed by atoms with van der Waals surface area (Å²) >= 11 is 3.96. The molecule has 0 aromatic rings. The molecule has 0 fully saturated rings. The molecule has 0 aliphatic rings. The van der Waals surface area contributed by atoms with E-state index in [1.807, 2.05) is 5.32 Å². The molecule has 0 aliphatic heterocycles. The van der Waals surface area contributed by atoms with Crippen LogP contribution in [0.5, 0.6) is 0 Å². The first kappa shape index (κ1) is 29.1. The Morgan fingerprint density at radius 1 is 0.875 bits per heavy atom. The maximum Gasteiger partial charge on any atom is 0.328 e. The molecule has 0 aromatic carbocycles. The van der Waals surface area contributed by atoms with E-state index in [0.29, 0.717) is 0 Å². The van der Waals surface area contributed by atoms with Crippen molar-refractivity contribution >= 4 is 48.2 Å². The highest BCUT2D eigenvalue weighted by Crippen LogP contribution is 2.03. The van der Waals surface area contributed by atoms with Crippen LogP contribution in [-0.4, -0.2) is 86.9 Å². The average Bonchev–Trinajstić information content (AvgIpc) is 2.69. The van der Waals surface area contributed by atoms with Crippen LogP contribution in [0.25, 0.3) is 0 Å². The van der Waals surface area contributed by atoms with Gasteiger partial charge in [-0.3, -0.25) is 24.0 Å². The Hall–Kier alpha value is -2.91. The van der Waals surface area contributed by atoms with Gasteiger partial charge in [-0.1, -0.05) is 0 Å². The third-order valence-corrected chi connectivity index (χ3v) is 4.55. The molecule has 10 N–H and O–H groups in total. The van der Waals surface area contributed by atoms with Crippen molar-refractivity contribution in [2.24, 2.45) is 11.5 Å². The Bertz CT molecular complexity index is 719. The third kappa shape index (κ3) is 10.9. The minimum Gasteiger partial charge on any atom is -0.481 e. The second-order valence-electron chi connectivity index (χ2n) is 6.91. The Morgan fingerprint density at radius 3 is 1.84 bits per heavy atom. The first-order valence-corrected chi connectivity index (χ1v) is 10.1. The molecule has 0 aromatic heterocycles. The molecule has 5 atom stereocenters. The first-order valence-electron chi connectivity index (χ1n) is 9.48. The van der Waals surface area contributed by atoms with Crippen molar-refractivity contribution in [3.8, 4) is 0 Å². The summed E-state index contributed by atoms with van der Waals surface area (Å²) in [6.07, 6.45) is -2.64. The van der Waals surface area contributed by atoms with Crippen molar-refractivity contribution in [2.45, 2.75) is 62.9 Å². The first-order chi connectivity index (χ1) is 14.8. The summed E-state index contributed by atoms with van der Waals surface area (Å²) in [5.74, 6) is -6.45. The van der Waals surface area contributed by atoms with Gasteiger partial charge in [0, 0.05) is 18.6 Å².